The molecule has 0 aliphatic heterocycles. The quantitative estimate of drug-likeness (QED) is 0.910. The monoisotopic (exact) mass is 361 g/mol. The Morgan fingerprint density at radius 3 is 2.52 bits per heavy atom. The molecule has 0 saturated carbocycles. The van der Waals surface area contributed by atoms with E-state index in [0.29, 0.717) is 0 Å². The molecule has 0 bridgehead atoms. The maximum absolute atomic E-state index is 12.9. The number of hydrogen-bond acceptors (Lipinski definition) is 4. The van der Waals surface area contributed by atoms with Crippen LogP contribution in [0.3, 0.4) is 0 Å². The summed E-state index contributed by atoms with van der Waals surface area (Å²) in [5.41, 5.74) is 5.74. The molecule has 0 amide bonds. The van der Waals surface area contributed by atoms with E-state index >= 15 is 0 Å². The number of alkyl halides is 3. The summed E-state index contributed by atoms with van der Waals surface area (Å²) in [5.74, 6) is 0.182. The normalized spacial score (nSPS) is 13.0. The summed E-state index contributed by atoms with van der Waals surface area (Å²) in [6.07, 6.45) is -1.65. The van der Waals surface area contributed by atoms with Crippen molar-refractivity contribution in [3.8, 4) is 5.88 Å². The summed E-state index contributed by atoms with van der Waals surface area (Å²) in [7, 11) is 1.39. The van der Waals surface area contributed by atoms with Crippen LogP contribution in [0.2, 0.25) is 0 Å². The maximum Gasteiger partial charge on any atom is 0.417 e. The number of benzene rings is 1. The van der Waals surface area contributed by atoms with Crippen molar-refractivity contribution in [1.82, 2.24) is 9.97 Å². The molecule has 1 unspecified atom stereocenters. The van der Waals surface area contributed by atoms with Crippen LogP contribution in [0.4, 0.5) is 13.2 Å². The van der Waals surface area contributed by atoms with Crippen LogP contribution in [0, 0.1) is 0 Å². The van der Waals surface area contributed by atoms with E-state index < -0.39 is 17.8 Å². The minimum Gasteiger partial charge on any atom is -0.480 e. The molecule has 2 N–H and O–H groups in total. The lowest BCUT2D eigenvalue weighted by atomic mass is 10.0. The highest BCUT2D eigenvalue weighted by atomic mass is 79.9. The second-order valence-electron chi connectivity index (χ2n) is 4.17. The smallest absolute Gasteiger partial charge is 0.417 e. The lowest BCUT2D eigenvalue weighted by Crippen LogP contribution is -2.17. The number of methoxy groups -OCH3 is 1. The van der Waals surface area contributed by atoms with Crippen LogP contribution in [-0.2, 0) is 6.18 Å². The first-order valence-corrected chi connectivity index (χ1v) is 6.61. The molecule has 4 nitrogen and oxygen atoms in total. The molecule has 1 atom stereocenters. The molecule has 0 aliphatic carbocycles. The molecule has 1 aromatic carbocycles. The van der Waals surface area contributed by atoms with Crippen molar-refractivity contribution in [3.63, 3.8) is 0 Å². The zero-order valence-corrected chi connectivity index (χ0v) is 12.4. The predicted molar refractivity (Wildman–Crippen MR) is 73.8 cm³/mol. The second-order valence-corrected chi connectivity index (χ2v) is 5.02. The summed E-state index contributed by atoms with van der Waals surface area (Å²) >= 11 is 2.89. The molecule has 1 heterocycles. The van der Waals surface area contributed by atoms with Crippen molar-refractivity contribution >= 4 is 15.9 Å². The van der Waals surface area contributed by atoms with Gasteiger partial charge in [0.05, 0.1) is 18.7 Å². The van der Waals surface area contributed by atoms with Crippen molar-refractivity contribution in [2.75, 3.05) is 7.11 Å². The molecule has 1 aromatic heterocycles. The molecule has 21 heavy (non-hydrogen) atoms. The maximum atomic E-state index is 12.9. The van der Waals surface area contributed by atoms with Crippen LogP contribution in [-0.4, -0.2) is 17.1 Å². The zero-order chi connectivity index (χ0) is 15.6. The fourth-order valence-electron chi connectivity index (χ4n) is 1.82. The third kappa shape index (κ3) is 3.33. The average Bonchev–Trinajstić information content (AvgIpc) is 2.45. The first-order chi connectivity index (χ1) is 9.84. The Labute approximate surface area is 127 Å². The number of halogens is 4. The molecule has 2 rings (SSSR count). The van der Waals surface area contributed by atoms with Crippen LogP contribution in [0.1, 0.15) is 22.9 Å². The van der Waals surface area contributed by atoms with E-state index in [9.17, 15) is 13.2 Å². The molecule has 112 valence electrons. The molecule has 0 fully saturated rings. The fraction of sp³-hybridized carbons (Fsp3) is 0.231. The zero-order valence-electron chi connectivity index (χ0n) is 10.9. The molecule has 8 heteroatoms. The van der Waals surface area contributed by atoms with Crippen LogP contribution < -0.4 is 10.5 Å². The van der Waals surface area contributed by atoms with E-state index in [1.54, 1.807) is 0 Å². The van der Waals surface area contributed by atoms with Crippen molar-refractivity contribution in [3.05, 3.63) is 51.9 Å². The lowest BCUT2D eigenvalue weighted by molar-refractivity contribution is -0.138. The van der Waals surface area contributed by atoms with E-state index in [2.05, 4.69) is 25.9 Å². The fourth-order valence-corrected chi connectivity index (χ4v) is 2.29. The molecule has 2 aromatic rings. The first kappa shape index (κ1) is 15.7. The third-order valence-corrected chi connectivity index (χ3v) is 3.53. The topological polar surface area (TPSA) is 61.0 Å². The van der Waals surface area contributed by atoms with Gasteiger partial charge >= 0.3 is 6.18 Å². The molecular formula is C13H11BrF3N3O. The van der Waals surface area contributed by atoms with E-state index in [1.165, 1.54) is 31.6 Å². The van der Waals surface area contributed by atoms with E-state index in [1.807, 2.05) is 0 Å². The minimum absolute atomic E-state index is 0.0444. The SMILES string of the molecule is COc1nccnc1C(N)c1ccc(Br)c(C(F)(F)F)c1. The van der Waals surface area contributed by atoms with Gasteiger partial charge in [0.1, 0.15) is 5.69 Å². The van der Waals surface area contributed by atoms with Gasteiger partial charge in [0.25, 0.3) is 0 Å². The Morgan fingerprint density at radius 2 is 1.90 bits per heavy atom. The minimum atomic E-state index is -4.47. The highest BCUT2D eigenvalue weighted by Gasteiger charge is 2.33. The predicted octanol–water partition coefficient (Wildman–Crippen LogP) is 3.31. The Morgan fingerprint density at radius 1 is 1.24 bits per heavy atom. The van der Waals surface area contributed by atoms with Crippen LogP contribution in [0.25, 0.3) is 0 Å². The van der Waals surface area contributed by atoms with Crippen LogP contribution >= 0.6 is 15.9 Å². The molecule has 0 saturated heterocycles. The second kappa shape index (κ2) is 5.98. The average molecular weight is 362 g/mol. The van der Waals surface area contributed by atoms with Crippen molar-refractivity contribution < 1.29 is 17.9 Å². The lowest BCUT2D eigenvalue weighted by Gasteiger charge is -2.16. The van der Waals surface area contributed by atoms with Gasteiger partial charge in [-0.05, 0) is 17.7 Å². The van der Waals surface area contributed by atoms with Gasteiger partial charge in [0.15, 0.2) is 0 Å². The Hall–Kier alpha value is -1.67. The van der Waals surface area contributed by atoms with Gasteiger partial charge in [-0.2, -0.15) is 13.2 Å². The van der Waals surface area contributed by atoms with Gasteiger partial charge in [-0.3, -0.25) is 4.98 Å². The standard InChI is InChI=1S/C13H11BrF3N3O/c1-21-12-11(19-4-5-20-12)10(18)7-2-3-9(14)8(6-7)13(15,16)17/h2-6,10H,18H2,1H3. The number of aromatic nitrogens is 2. The van der Waals surface area contributed by atoms with Crippen molar-refractivity contribution in [2.24, 2.45) is 5.73 Å². The molecular weight excluding hydrogens is 351 g/mol. The van der Waals surface area contributed by atoms with Gasteiger partial charge in [-0.25, -0.2) is 4.98 Å². The Bertz CT molecular complexity index is 649. The third-order valence-electron chi connectivity index (χ3n) is 2.83. The summed E-state index contributed by atoms with van der Waals surface area (Å²) in [6.45, 7) is 0. The van der Waals surface area contributed by atoms with Crippen LogP contribution in [0.5, 0.6) is 5.88 Å². The number of nitrogens with two attached hydrogens (primary N) is 1. The highest BCUT2D eigenvalue weighted by molar-refractivity contribution is 9.10. The molecule has 0 spiro atoms. The Kier molecular flexibility index (Phi) is 4.48. The summed E-state index contributed by atoms with van der Waals surface area (Å²) < 4.78 is 43.7. The van der Waals surface area contributed by atoms with Crippen molar-refractivity contribution in [2.45, 2.75) is 12.2 Å². The van der Waals surface area contributed by atoms with Gasteiger partial charge in [-0.1, -0.05) is 22.0 Å². The van der Waals surface area contributed by atoms with Gasteiger partial charge in [0, 0.05) is 16.9 Å². The number of hydrogen-bond donors (Lipinski definition) is 1. The number of rotatable bonds is 3. The Balaban J connectivity index is 2.47. The largest absolute Gasteiger partial charge is 0.480 e. The van der Waals surface area contributed by atoms with Gasteiger partial charge in [-0.15, -0.1) is 0 Å². The van der Waals surface area contributed by atoms with E-state index in [0.717, 1.165) is 6.07 Å². The highest BCUT2D eigenvalue weighted by Crippen LogP contribution is 2.37. The summed E-state index contributed by atoms with van der Waals surface area (Å²) in [4.78, 5) is 7.97. The van der Waals surface area contributed by atoms with Crippen LogP contribution in [0.15, 0.2) is 35.1 Å². The molecule has 0 radical (unpaired) electrons. The summed E-state index contributed by atoms with van der Waals surface area (Å²) in [6, 6.07) is 2.92. The first-order valence-electron chi connectivity index (χ1n) is 5.81. The van der Waals surface area contributed by atoms with E-state index in [4.69, 9.17) is 10.5 Å². The number of nitrogens with zero attached hydrogens (tertiary/aromatic N) is 2. The van der Waals surface area contributed by atoms with Gasteiger partial charge in [0.2, 0.25) is 5.88 Å². The summed E-state index contributed by atoms with van der Waals surface area (Å²) in [5, 5.41) is 0. The number of ether oxygens (including phenoxy) is 1. The van der Waals surface area contributed by atoms with Crippen molar-refractivity contribution in [1.29, 1.82) is 0 Å². The molecule has 0 aliphatic rings. The van der Waals surface area contributed by atoms with E-state index in [-0.39, 0.29) is 21.6 Å². The van der Waals surface area contributed by atoms with Gasteiger partial charge < -0.3 is 10.5 Å².